The summed E-state index contributed by atoms with van der Waals surface area (Å²) in [5.74, 6) is 0.310. The molecule has 0 saturated carbocycles. The Morgan fingerprint density at radius 3 is 2.52 bits per heavy atom. The van der Waals surface area contributed by atoms with E-state index in [4.69, 9.17) is 5.26 Å². The van der Waals surface area contributed by atoms with Gasteiger partial charge in [0.1, 0.15) is 5.82 Å². The summed E-state index contributed by atoms with van der Waals surface area (Å²) < 4.78 is 38.0. The molecule has 1 aromatic heterocycles. The smallest absolute Gasteiger partial charge is 0.354 e. The fourth-order valence-electron chi connectivity index (χ4n) is 3.16. The van der Waals surface area contributed by atoms with Crippen molar-refractivity contribution in [2.45, 2.75) is 19.1 Å². The summed E-state index contributed by atoms with van der Waals surface area (Å²) in [4.78, 5) is 20.4. The molecule has 1 fully saturated rings. The highest BCUT2D eigenvalue weighted by molar-refractivity contribution is 5.94. The summed E-state index contributed by atoms with van der Waals surface area (Å²) >= 11 is 0. The third kappa shape index (κ3) is 5.03. The van der Waals surface area contributed by atoms with Crippen molar-refractivity contribution in [3.8, 4) is 6.07 Å². The molecule has 1 unspecified atom stereocenters. The van der Waals surface area contributed by atoms with Crippen molar-refractivity contribution in [2.75, 3.05) is 36.4 Å². The van der Waals surface area contributed by atoms with E-state index in [9.17, 15) is 18.0 Å². The Morgan fingerprint density at radius 2 is 1.93 bits per heavy atom. The second-order valence-electron chi connectivity index (χ2n) is 6.78. The Hall–Kier alpha value is -3.12. The van der Waals surface area contributed by atoms with Gasteiger partial charge in [-0.3, -0.25) is 9.69 Å². The summed E-state index contributed by atoms with van der Waals surface area (Å²) in [7, 11) is 0. The van der Waals surface area contributed by atoms with Crippen LogP contribution in [0.3, 0.4) is 0 Å². The number of anilines is 2. The number of nitrogens with zero attached hydrogens (tertiary/aromatic N) is 4. The number of benzene rings is 1. The van der Waals surface area contributed by atoms with E-state index in [1.165, 1.54) is 6.07 Å². The maximum Gasteiger partial charge on any atom is 0.417 e. The minimum Gasteiger partial charge on any atom is -0.354 e. The molecule has 1 atom stereocenters. The predicted octanol–water partition coefficient (Wildman–Crippen LogP) is 3.12. The lowest BCUT2D eigenvalue weighted by Gasteiger charge is -2.38. The lowest BCUT2D eigenvalue weighted by Crippen LogP contribution is -2.53. The number of halogens is 3. The molecule has 1 aromatic carbocycles. The summed E-state index contributed by atoms with van der Waals surface area (Å²) in [5.41, 5.74) is 0.257. The van der Waals surface area contributed by atoms with Gasteiger partial charge in [-0.05, 0) is 37.3 Å². The molecular weight excluding hydrogens is 383 g/mol. The van der Waals surface area contributed by atoms with E-state index < -0.39 is 11.7 Å². The topological polar surface area (TPSA) is 72.3 Å². The number of piperazine rings is 1. The molecule has 152 valence electrons. The van der Waals surface area contributed by atoms with Gasteiger partial charge >= 0.3 is 6.18 Å². The van der Waals surface area contributed by atoms with Crippen LogP contribution in [0.15, 0.2) is 42.6 Å². The number of carbonyl (C=O) groups excluding carboxylic acids is 1. The standard InChI is InChI=1S/C20H20F3N5O/c1-14(19(29)26-17-4-2-3-15(11-17)12-24)27-7-9-28(10-8-27)18-6-5-16(13-25-18)20(21,22)23/h2-6,11,13-14H,7-10H2,1H3,(H,26,29). The van der Waals surface area contributed by atoms with Crippen LogP contribution in [0.4, 0.5) is 24.7 Å². The normalized spacial score (nSPS) is 16.2. The number of nitrogens with one attached hydrogen (secondary N) is 1. The molecule has 6 nitrogen and oxygen atoms in total. The van der Waals surface area contributed by atoms with E-state index in [-0.39, 0.29) is 11.9 Å². The zero-order chi connectivity index (χ0) is 21.0. The third-order valence-electron chi connectivity index (χ3n) is 4.90. The van der Waals surface area contributed by atoms with Gasteiger partial charge in [0, 0.05) is 38.1 Å². The second-order valence-corrected chi connectivity index (χ2v) is 6.78. The largest absolute Gasteiger partial charge is 0.417 e. The second kappa shape index (κ2) is 8.49. The lowest BCUT2D eigenvalue weighted by molar-refractivity contribution is -0.137. The monoisotopic (exact) mass is 403 g/mol. The highest BCUT2D eigenvalue weighted by atomic mass is 19.4. The molecule has 1 saturated heterocycles. The minimum absolute atomic E-state index is 0.179. The molecular formula is C20H20F3N5O. The average Bonchev–Trinajstić information content (AvgIpc) is 2.73. The highest BCUT2D eigenvalue weighted by Gasteiger charge is 2.31. The van der Waals surface area contributed by atoms with Crippen LogP contribution in [-0.4, -0.2) is 48.0 Å². The molecule has 0 bridgehead atoms. The summed E-state index contributed by atoms with van der Waals surface area (Å²) in [5, 5.41) is 11.8. The first-order valence-corrected chi connectivity index (χ1v) is 9.11. The van der Waals surface area contributed by atoms with Gasteiger partial charge in [-0.15, -0.1) is 0 Å². The van der Waals surface area contributed by atoms with Gasteiger partial charge in [-0.1, -0.05) is 6.07 Å². The first-order valence-electron chi connectivity index (χ1n) is 9.11. The van der Waals surface area contributed by atoms with Gasteiger partial charge in [-0.25, -0.2) is 4.98 Å². The van der Waals surface area contributed by atoms with E-state index >= 15 is 0 Å². The number of nitriles is 1. The zero-order valence-electron chi connectivity index (χ0n) is 15.8. The van der Waals surface area contributed by atoms with Crippen LogP contribution in [0, 0.1) is 11.3 Å². The Morgan fingerprint density at radius 1 is 1.21 bits per heavy atom. The number of carbonyl (C=O) groups is 1. The zero-order valence-corrected chi connectivity index (χ0v) is 15.8. The minimum atomic E-state index is -4.40. The van der Waals surface area contributed by atoms with Gasteiger partial charge < -0.3 is 10.2 Å². The van der Waals surface area contributed by atoms with E-state index in [1.54, 1.807) is 31.2 Å². The average molecular weight is 403 g/mol. The van der Waals surface area contributed by atoms with Crippen molar-refractivity contribution in [3.05, 3.63) is 53.7 Å². The molecule has 3 rings (SSSR count). The molecule has 1 aliphatic heterocycles. The molecule has 1 N–H and O–H groups in total. The fourth-order valence-corrected chi connectivity index (χ4v) is 3.16. The van der Waals surface area contributed by atoms with E-state index in [2.05, 4.69) is 10.3 Å². The number of hydrogen-bond donors (Lipinski definition) is 1. The summed E-state index contributed by atoms with van der Waals surface area (Å²) in [6, 6.07) is 10.7. The Kier molecular flexibility index (Phi) is 6.03. The van der Waals surface area contributed by atoms with Crippen molar-refractivity contribution >= 4 is 17.4 Å². The predicted molar refractivity (Wildman–Crippen MR) is 102 cm³/mol. The number of aromatic nitrogens is 1. The summed E-state index contributed by atoms with van der Waals surface area (Å²) in [6.07, 6.45) is -3.56. The van der Waals surface area contributed by atoms with Crippen molar-refractivity contribution in [1.29, 1.82) is 5.26 Å². The van der Waals surface area contributed by atoms with Crippen LogP contribution in [0.5, 0.6) is 0 Å². The maximum absolute atomic E-state index is 12.7. The van der Waals surface area contributed by atoms with Crippen LogP contribution in [0.2, 0.25) is 0 Å². The van der Waals surface area contributed by atoms with Crippen molar-refractivity contribution in [3.63, 3.8) is 0 Å². The molecule has 0 spiro atoms. The molecule has 0 radical (unpaired) electrons. The van der Waals surface area contributed by atoms with Crippen LogP contribution < -0.4 is 10.2 Å². The van der Waals surface area contributed by atoms with E-state index in [1.807, 2.05) is 15.9 Å². The number of alkyl halides is 3. The van der Waals surface area contributed by atoms with Crippen LogP contribution in [0.1, 0.15) is 18.1 Å². The molecule has 1 aliphatic rings. The maximum atomic E-state index is 12.7. The van der Waals surface area contributed by atoms with Gasteiger partial charge in [0.15, 0.2) is 0 Å². The number of amides is 1. The Bertz CT molecular complexity index is 900. The lowest BCUT2D eigenvalue weighted by atomic mass is 10.2. The summed E-state index contributed by atoms with van der Waals surface area (Å²) in [6.45, 7) is 4.07. The SMILES string of the molecule is CC(C(=O)Nc1cccc(C#N)c1)N1CCN(c2ccc(C(F)(F)F)cn2)CC1. The van der Waals surface area contributed by atoms with E-state index in [0.717, 1.165) is 12.3 Å². The van der Waals surface area contributed by atoms with E-state index in [0.29, 0.717) is 43.2 Å². The van der Waals surface area contributed by atoms with Crippen molar-refractivity contribution in [2.24, 2.45) is 0 Å². The molecule has 1 amide bonds. The van der Waals surface area contributed by atoms with Gasteiger partial charge in [0.25, 0.3) is 0 Å². The fraction of sp³-hybridized carbons (Fsp3) is 0.350. The highest BCUT2D eigenvalue weighted by Crippen LogP contribution is 2.29. The molecule has 9 heteroatoms. The Balaban J connectivity index is 1.55. The third-order valence-corrected chi connectivity index (χ3v) is 4.90. The van der Waals surface area contributed by atoms with Crippen molar-refractivity contribution in [1.82, 2.24) is 9.88 Å². The number of hydrogen-bond acceptors (Lipinski definition) is 5. The van der Waals surface area contributed by atoms with Gasteiger partial charge in [0.05, 0.1) is 23.2 Å². The number of rotatable bonds is 4. The molecule has 2 aromatic rings. The molecule has 2 heterocycles. The van der Waals surface area contributed by atoms with Gasteiger partial charge in [0.2, 0.25) is 5.91 Å². The molecule has 0 aliphatic carbocycles. The first kappa shape index (κ1) is 20.6. The van der Waals surface area contributed by atoms with Crippen LogP contribution in [-0.2, 0) is 11.0 Å². The van der Waals surface area contributed by atoms with Crippen LogP contribution in [0.25, 0.3) is 0 Å². The number of pyridine rings is 1. The van der Waals surface area contributed by atoms with Crippen LogP contribution >= 0.6 is 0 Å². The van der Waals surface area contributed by atoms with Gasteiger partial charge in [-0.2, -0.15) is 18.4 Å². The van der Waals surface area contributed by atoms with Crippen molar-refractivity contribution < 1.29 is 18.0 Å². The first-order chi connectivity index (χ1) is 13.8. The molecule has 29 heavy (non-hydrogen) atoms. The Labute approximate surface area is 166 Å². The quantitative estimate of drug-likeness (QED) is 0.849.